The first-order chi connectivity index (χ1) is 15.5. The Labute approximate surface area is 188 Å². The minimum absolute atomic E-state index is 0.0293. The second kappa shape index (κ2) is 9.69. The molecule has 0 saturated heterocycles. The number of carbonyl (C=O) groups excluding carboxylic acids is 2. The minimum atomic E-state index is -0.423. The van der Waals surface area contributed by atoms with Crippen molar-refractivity contribution in [1.29, 1.82) is 0 Å². The van der Waals surface area contributed by atoms with Gasteiger partial charge < -0.3 is 20.5 Å². The van der Waals surface area contributed by atoms with Gasteiger partial charge in [0.05, 0.1) is 12.1 Å². The summed E-state index contributed by atoms with van der Waals surface area (Å²) in [6.07, 6.45) is 6.60. The Bertz CT molecular complexity index is 1080. The van der Waals surface area contributed by atoms with Crippen molar-refractivity contribution in [3.63, 3.8) is 0 Å². The first kappa shape index (κ1) is 22.3. The molecule has 0 spiro atoms. The fourth-order valence-corrected chi connectivity index (χ4v) is 4.80. The van der Waals surface area contributed by atoms with Crippen molar-refractivity contribution in [2.45, 2.75) is 70.5 Å². The fraction of sp³-hybridized carbons (Fsp3) is 0.480. The van der Waals surface area contributed by atoms with Gasteiger partial charge in [-0.3, -0.25) is 14.4 Å². The number of pyridine rings is 1. The number of nitrogens with one attached hydrogen (secondary N) is 3. The number of anilines is 1. The van der Waals surface area contributed by atoms with E-state index in [4.69, 9.17) is 0 Å². The van der Waals surface area contributed by atoms with Crippen molar-refractivity contribution in [3.05, 3.63) is 63.1 Å². The average Bonchev–Trinajstić information content (AvgIpc) is 2.81. The number of aryl methyl sites for hydroxylation is 2. The van der Waals surface area contributed by atoms with Gasteiger partial charge in [-0.05, 0) is 81.7 Å². The SMILES string of the molecule is CN[C@@H](C)C(=O)Nc1cc2c(n(CC(=O)N[C@H]3CCCc4ccccc43)c1=O)CCCC2. The molecule has 0 aliphatic heterocycles. The fourth-order valence-electron chi connectivity index (χ4n) is 4.80. The van der Waals surface area contributed by atoms with Crippen LogP contribution in [0.3, 0.4) is 0 Å². The molecule has 1 aromatic heterocycles. The Hall–Kier alpha value is -2.93. The van der Waals surface area contributed by atoms with E-state index in [0.29, 0.717) is 0 Å². The van der Waals surface area contributed by atoms with Gasteiger partial charge in [0.15, 0.2) is 0 Å². The van der Waals surface area contributed by atoms with E-state index in [0.717, 1.165) is 56.2 Å². The van der Waals surface area contributed by atoms with Crippen molar-refractivity contribution in [2.75, 3.05) is 12.4 Å². The van der Waals surface area contributed by atoms with Crippen LogP contribution >= 0.6 is 0 Å². The number of nitrogens with zero attached hydrogens (tertiary/aromatic N) is 1. The van der Waals surface area contributed by atoms with Crippen LogP contribution in [0.25, 0.3) is 0 Å². The summed E-state index contributed by atoms with van der Waals surface area (Å²) in [7, 11) is 1.70. The van der Waals surface area contributed by atoms with Gasteiger partial charge in [-0.1, -0.05) is 24.3 Å². The average molecular weight is 437 g/mol. The van der Waals surface area contributed by atoms with E-state index in [9.17, 15) is 14.4 Å². The van der Waals surface area contributed by atoms with Crippen LogP contribution in [0, 0.1) is 0 Å². The van der Waals surface area contributed by atoms with Gasteiger partial charge in [0.2, 0.25) is 11.8 Å². The second-order valence-corrected chi connectivity index (χ2v) is 8.84. The number of hydrogen-bond acceptors (Lipinski definition) is 4. The number of fused-ring (bicyclic) bond motifs is 2. The van der Waals surface area contributed by atoms with Crippen LogP contribution in [0.15, 0.2) is 35.1 Å². The number of hydrogen-bond donors (Lipinski definition) is 3. The second-order valence-electron chi connectivity index (χ2n) is 8.84. The van der Waals surface area contributed by atoms with Crippen LogP contribution in [-0.2, 0) is 35.4 Å². The molecule has 2 amide bonds. The monoisotopic (exact) mass is 436 g/mol. The summed E-state index contributed by atoms with van der Waals surface area (Å²) in [6, 6.07) is 9.57. The van der Waals surface area contributed by atoms with E-state index in [1.807, 2.05) is 12.1 Å². The molecule has 0 saturated carbocycles. The normalized spacial score (nSPS) is 18.2. The maximum Gasteiger partial charge on any atom is 0.275 e. The molecule has 3 N–H and O–H groups in total. The van der Waals surface area contributed by atoms with E-state index in [1.54, 1.807) is 24.6 Å². The van der Waals surface area contributed by atoms with E-state index in [2.05, 4.69) is 28.1 Å². The van der Waals surface area contributed by atoms with Crippen LogP contribution in [-0.4, -0.2) is 29.5 Å². The van der Waals surface area contributed by atoms with Crippen molar-refractivity contribution < 1.29 is 9.59 Å². The summed E-state index contributed by atoms with van der Waals surface area (Å²) in [5.41, 5.74) is 4.33. The lowest BCUT2D eigenvalue weighted by molar-refractivity contribution is -0.122. The van der Waals surface area contributed by atoms with Crippen LogP contribution in [0.2, 0.25) is 0 Å². The Morgan fingerprint density at radius 1 is 1.09 bits per heavy atom. The van der Waals surface area contributed by atoms with Crippen molar-refractivity contribution in [1.82, 2.24) is 15.2 Å². The molecule has 7 heteroatoms. The Kier molecular flexibility index (Phi) is 6.74. The quantitative estimate of drug-likeness (QED) is 0.649. The summed E-state index contributed by atoms with van der Waals surface area (Å²) in [5.74, 6) is -0.441. The summed E-state index contributed by atoms with van der Waals surface area (Å²) >= 11 is 0. The smallest absolute Gasteiger partial charge is 0.275 e. The largest absolute Gasteiger partial charge is 0.348 e. The number of benzene rings is 1. The van der Waals surface area contributed by atoms with E-state index in [-0.39, 0.29) is 35.6 Å². The summed E-state index contributed by atoms with van der Waals surface area (Å²) in [6.45, 7) is 1.70. The van der Waals surface area contributed by atoms with E-state index in [1.165, 1.54) is 11.1 Å². The maximum atomic E-state index is 13.3. The molecule has 0 fully saturated rings. The Morgan fingerprint density at radius 2 is 1.84 bits per heavy atom. The van der Waals surface area contributed by atoms with Gasteiger partial charge in [0.1, 0.15) is 12.2 Å². The third kappa shape index (κ3) is 4.63. The number of aromatic nitrogens is 1. The van der Waals surface area contributed by atoms with Gasteiger partial charge >= 0.3 is 0 Å². The lowest BCUT2D eigenvalue weighted by Gasteiger charge is -2.27. The highest BCUT2D eigenvalue weighted by molar-refractivity contribution is 5.94. The van der Waals surface area contributed by atoms with Gasteiger partial charge in [-0.2, -0.15) is 0 Å². The topological polar surface area (TPSA) is 92.2 Å². The Morgan fingerprint density at radius 3 is 2.66 bits per heavy atom. The molecule has 0 radical (unpaired) electrons. The zero-order valence-electron chi connectivity index (χ0n) is 18.9. The highest BCUT2D eigenvalue weighted by Gasteiger charge is 2.24. The molecule has 4 rings (SSSR count). The van der Waals surface area contributed by atoms with Gasteiger partial charge in [-0.25, -0.2) is 0 Å². The number of amides is 2. The molecule has 32 heavy (non-hydrogen) atoms. The van der Waals surface area contributed by atoms with Crippen molar-refractivity contribution in [2.24, 2.45) is 0 Å². The van der Waals surface area contributed by atoms with Gasteiger partial charge in [0, 0.05) is 5.69 Å². The van der Waals surface area contributed by atoms with Crippen LogP contribution in [0.5, 0.6) is 0 Å². The highest BCUT2D eigenvalue weighted by atomic mass is 16.2. The first-order valence-corrected chi connectivity index (χ1v) is 11.6. The van der Waals surface area contributed by atoms with Crippen LogP contribution in [0.4, 0.5) is 5.69 Å². The summed E-state index contributed by atoms with van der Waals surface area (Å²) in [4.78, 5) is 38.7. The molecule has 2 aliphatic rings. The molecular formula is C25H32N4O3. The number of carbonyl (C=O) groups is 2. The number of likely N-dealkylation sites (N-methyl/N-ethyl adjacent to an activating group) is 1. The van der Waals surface area contributed by atoms with Gasteiger partial charge in [-0.15, -0.1) is 0 Å². The summed E-state index contributed by atoms with van der Waals surface area (Å²) < 4.78 is 1.57. The van der Waals surface area contributed by atoms with E-state index < -0.39 is 6.04 Å². The maximum absolute atomic E-state index is 13.3. The predicted molar refractivity (Wildman–Crippen MR) is 125 cm³/mol. The van der Waals surface area contributed by atoms with Gasteiger partial charge in [0.25, 0.3) is 5.56 Å². The lowest BCUT2D eigenvalue weighted by Crippen LogP contribution is -2.40. The lowest BCUT2D eigenvalue weighted by atomic mass is 9.88. The third-order valence-corrected chi connectivity index (χ3v) is 6.69. The molecule has 1 aromatic carbocycles. The van der Waals surface area contributed by atoms with Crippen LogP contribution in [0.1, 0.15) is 61.0 Å². The molecule has 2 atom stereocenters. The zero-order chi connectivity index (χ0) is 22.7. The third-order valence-electron chi connectivity index (χ3n) is 6.69. The Balaban J connectivity index is 1.59. The molecule has 170 valence electrons. The standard InChI is InChI=1S/C25H32N4O3/c1-16(26-2)24(31)28-21-14-18-9-4-6-13-22(18)29(25(21)32)15-23(30)27-20-12-7-10-17-8-3-5-11-19(17)20/h3,5,8,11,14,16,20,26H,4,6-7,9-10,12-13,15H2,1-2H3,(H,27,30)(H,28,31)/t16-,20-/m0/s1. The molecule has 0 bridgehead atoms. The molecular weight excluding hydrogens is 404 g/mol. The molecule has 2 aromatic rings. The molecule has 2 aliphatic carbocycles. The molecule has 7 nitrogen and oxygen atoms in total. The first-order valence-electron chi connectivity index (χ1n) is 11.6. The van der Waals surface area contributed by atoms with Crippen molar-refractivity contribution >= 4 is 17.5 Å². The minimum Gasteiger partial charge on any atom is -0.348 e. The van der Waals surface area contributed by atoms with Crippen molar-refractivity contribution in [3.8, 4) is 0 Å². The molecule has 1 heterocycles. The van der Waals surface area contributed by atoms with Crippen LogP contribution < -0.4 is 21.5 Å². The number of rotatable bonds is 6. The molecule has 0 unspecified atom stereocenters. The summed E-state index contributed by atoms with van der Waals surface area (Å²) in [5, 5.41) is 8.78. The predicted octanol–water partition coefficient (Wildman–Crippen LogP) is 2.47. The van der Waals surface area contributed by atoms with E-state index >= 15 is 0 Å². The highest BCUT2D eigenvalue weighted by Crippen LogP contribution is 2.29. The zero-order valence-corrected chi connectivity index (χ0v) is 18.9.